The summed E-state index contributed by atoms with van der Waals surface area (Å²) < 4.78 is 5.81. The van der Waals surface area contributed by atoms with Gasteiger partial charge in [-0.25, -0.2) is 4.99 Å². The third-order valence-corrected chi connectivity index (χ3v) is 5.03. The Balaban J connectivity index is 1.54. The molecule has 2 aromatic carbocycles. The molecule has 1 amide bonds. The molecule has 0 aliphatic carbocycles. The Kier molecular flexibility index (Phi) is 5.02. The second-order valence-electron chi connectivity index (χ2n) is 5.85. The molecule has 0 radical (unpaired) electrons. The fraction of sp³-hybridized carbons (Fsp3) is 0. The molecule has 0 atom stereocenters. The van der Waals surface area contributed by atoms with E-state index in [1.54, 1.807) is 42.5 Å². The summed E-state index contributed by atoms with van der Waals surface area (Å²) in [5.41, 5.74) is 2.11. The maximum Gasteiger partial charge on any atom is 0.264 e. The molecule has 1 aliphatic heterocycles. The summed E-state index contributed by atoms with van der Waals surface area (Å²) in [6.45, 7) is 0. The van der Waals surface area contributed by atoms with Crippen molar-refractivity contribution in [1.29, 1.82) is 5.26 Å². The highest BCUT2D eigenvalue weighted by Crippen LogP contribution is 2.30. The smallest absolute Gasteiger partial charge is 0.264 e. The van der Waals surface area contributed by atoms with Gasteiger partial charge in [-0.1, -0.05) is 17.7 Å². The monoisotopic (exact) mass is 405 g/mol. The molecule has 1 saturated heterocycles. The second kappa shape index (κ2) is 7.77. The summed E-state index contributed by atoms with van der Waals surface area (Å²) in [6, 6.07) is 19.9. The SMILES string of the molecule is N#Cc1ccc(-c2ccc(/C=C3\SC(=Nc4cccc(Cl)c4)NC3=O)o2)cc1. The molecule has 0 saturated carbocycles. The first-order valence-corrected chi connectivity index (χ1v) is 9.46. The summed E-state index contributed by atoms with van der Waals surface area (Å²) >= 11 is 7.20. The Morgan fingerprint density at radius 1 is 1.14 bits per heavy atom. The molecule has 136 valence electrons. The minimum Gasteiger partial charge on any atom is -0.457 e. The van der Waals surface area contributed by atoms with Gasteiger partial charge in [0.2, 0.25) is 0 Å². The van der Waals surface area contributed by atoms with E-state index in [-0.39, 0.29) is 5.91 Å². The number of aliphatic imine (C=N–C) groups is 1. The van der Waals surface area contributed by atoms with E-state index in [0.717, 1.165) is 5.56 Å². The van der Waals surface area contributed by atoms with E-state index in [4.69, 9.17) is 21.3 Å². The highest BCUT2D eigenvalue weighted by Gasteiger charge is 2.24. The van der Waals surface area contributed by atoms with Gasteiger partial charge in [-0.15, -0.1) is 0 Å². The highest BCUT2D eigenvalue weighted by atomic mass is 35.5. The van der Waals surface area contributed by atoms with E-state index >= 15 is 0 Å². The van der Waals surface area contributed by atoms with Gasteiger partial charge in [0.15, 0.2) is 5.17 Å². The lowest BCUT2D eigenvalue weighted by Crippen LogP contribution is -2.19. The van der Waals surface area contributed by atoms with Crippen LogP contribution in [0.4, 0.5) is 5.69 Å². The molecule has 0 spiro atoms. The fourth-order valence-electron chi connectivity index (χ4n) is 2.57. The molecule has 1 aliphatic rings. The number of nitriles is 1. The summed E-state index contributed by atoms with van der Waals surface area (Å²) in [7, 11) is 0. The van der Waals surface area contributed by atoms with E-state index in [1.165, 1.54) is 11.8 Å². The Morgan fingerprint density at radius 2 is 1.96 bits per heavy atom. The summed E-state index contributed by atoms with van der Waals surface area (Å²) in [5, 5.41) is 12.7. The number of nitrogens with zero attached hydrogens (tertiary/aromatic N) is 2. The van der Waals surface area contributed by atoms with Gasteiger partial charge in [0.25, 0.3) is 5.91 Å². The zero-order chi connectivity index (χ0) is 19.5. The third kappa shape index (κ3) is 4.01. The van der Waals surface area contributed by atoms with Crippen molar-refractivity contribution < 1.29 is 9.21 Å². The Bertz CT molecular complexity index is 1160. The molecule has 2 heterocycles. The maximum absolute atomic E-state index is 12.2. The van der Waals surface area contributed by atoms with Crippen LogP contribution in [-0.2, 0) is 4.79 Å². The van der Waals surface area contributed by atoms with Crippen LogP contribution in [0.5, 0.6) is 0 Å². The standard InChI is InChI=1S/C21H12ClN3O2S/c22-15-2-1-3-16(10-15)24-21-25-20(26)19(28-21)11-17-8-9-18(27-17)14-6-4-13(12-23)5-7-14/h1-11H,(H,24,25,26)/b19-11-. The van der Waals surface area contributed by atoms with Crippen molar-refractivity contribution in [3.63, 3.8) is 0 Å². The molecule has 5 nitrogen and oxygen atoms in total. The Labute approximate surface area is 170 Å². The molecule has 28 heavy (non-hydrogen) atoms. The van der Waals surface area contributed by atoms with Crippen LogP contribution in [0.25, 0.3) is 17.4 Å². The van der Waals surface area contributed by atoms with Crippen LogP contribution in [0, 0.1) is 11.3 Å². The number of hydrogen-bond acceptors (Lipinski definition) is 5. The molecular formula is C21H12ClN3O2S. The molecule has 3 aromatic rings. The van der Waals surface area contributed by atoms with E-state index in [9.17, 15) is 4.79 Å². The first-order valence-electron chi connectivity index (χ1n) is 8.26. The lowest BCUT2D eigenvalue weighted by atomic mass is 10.1. The molecule has 4 rings (SSSR count). The van der Waals surface area contributed by atoms with Crippen LogP contribution in [0.1, 0.15) is 11.3 Å². The molecule has 7 heteroatoms. The van der Waals surface area contributed by atoms with Crippen molar-refractivity contribution >= 4 is 46.2 Å². The predicted molar refractivity (Wildman–Crippen MR) is 111 cm³/mol. The van der Waals surface area contributed by atoms with Crippen molar-refractivity contribution in [3.05, 3.63) is 81.9 Å². The van der Waals surface area contributed by atoms with Gasteiger partial charge in [0.1, 0.15) is 11.5 Å². The number of furan rings is 1. The zero-order valence-electron chi connectivity index (χ0n) is 14.3. The lowest BCUT2D eigenvalue weighted by Gasteiger charge is -1.97. The Hall–Kier alpha value is -3.27. The van der Waals surface area contributed by atoms with Crippen molar-refractivity contribution in [1.82, 2.24) is 5.32 Å². The summed E-state index contributed by atoms with van der Waals surface area (Å²) in [6.07, 6.45) is 1.67. The molecular weight excluding hydrogens is 394 g/mol. The first kappa shape index (κ1) is 18.1. The van der Waals surface area contributed by atoms with Gasteiger partial charge in [-0.2, -0.15) is 5.26 Å². The molecule has 1 N–H and O–H groups in total. The van der Waals surface area contributed by atoms with E-state index in [2.05, 4.69) is 16.4 Å². The largest absolute Gasteiger partial charge is 0.457 e. The van der Waals surface area contributed by atoms with Gasteiger partial charge in [0, 0.05) is 16.7 Å². The summed E-state index contributed by atoms with van der Waals surface area (Å²) in [4.78, 5) is 17.1. The number of nitrogens with one attached hydrogen (secondary N) is 1. The van der Waals surface area contributed by atoms with Crippen molar-refractivity contribution in [2.24, 2.45) is 4.99 Å². The topological polar surface area (TPSA) is 78.4 Å². The molecule has 1 fully saturated rings. The zero-order valence-corrected chi connectivity index (χ0v) is 15.9. The molecule has 0 bridgehead atoms. The number of carbonyl (C=O) groups excluding carboxylic acids is 1. The Morgan fingerprint density at radius 3 is 2.71 bits per heavy atom. The lowest BCUT2D eigenvalue weighted by molar-refractivity contribution is -0.115. The molecule has 0 unspecified atom stereocenters. The van der Waals surface area contributed by atoms with Crippen LogP contribution in [-0.4, -0.2) is 11.1 Å². The minimum absolute atomic E-state index is 0.234. The van der Waals surface area contributed by atoms with Crippen molar-refractivity contribution in [2.45, 2.75) is 0 Å². The van der Waals surface area contributed by atoms with E-state index in [0.29, 0.717) is 37.9 Å². The minimum atomic E-state index is -0.234. The fourth-order valence-corrected chi connectivity index (χ4v) is 3.57. The van der Waals surface area contributed by atoms with Gasteiger partial charge in [-0.3, -0.25) is 4.79 Å². The average molecular weight is 406 g/mol. The number of benzene rings is 2. The second-order valence-corrected chi connectivity index (χ2v) is 7.32. The van der Waals surface area contributed by atoms with Gasteiger partial charge < -0.3 is 9.73 Å². The van der Waals surface area contributed by atoms with E-state index < -0.39 is 0 Å². The van der Waals surface area contributed by atoms with Gasteiger partial charge in [0.05, 0.1) is 22.2 Å². The van der Waals surface area contributed by atoms with Crippen molar-refractivity contribution in [2.75, 3.05) is 0 Å². The van der Waals surface area contributed by atoms with Crippen LogP contribution in [0.2, 0.25) is 5.02 Å². The first-order chi connectivity index (χ1) is 13.6. The van der Waals surface area contributed by atoms with Gasteiger partial charge in [-0.05, 0) is 66.4 Å². The van der Waals surface area contributed by atoms with Crippen LogP contribution >= 0.6 is 23.4 Å². The predicted octanol–water partition coefficient (Wildman–Crippen LogP) is 5.36. The number of thioether (sulfide) groups is 1. The quantitative estimate of drug-likeness (QED) is 0.594. The number of halogens is 1. The number of carbonyl (C=O) groups is 1. The van der Waals surface area contributed by atoms with Crippen LogP contribution < -0.4 is 5.32 Å². The molecule has 1 aromatic heterocycles. The van der Waals surface area contributed by atoms with E-state index in [1.807, 2.05) is 24.3 Å². The highest BCUT2D eigenvalue weighted by molar-refractivity contribution is 8.18. The number of amides is 1. The third-order valence-electron chi connectivity index (χ3n) is 3.89. The van der Waals surface area contributed by atoms with Gasteiger partial charge >= 0.3 is 0 Å². The normalized spacial score (nSPS) is 16.4. The average Bonchev–Trinajstić information content (AvgIpc) is 3.29. The van der Waals surface area contributed by atoms with Crippen LogP contribution in [0.3, 0.4) is 0 Å². The number of amidine groups is 1. The number of rotatable bonds is 3. The van der Waals surface area contributed by atoms with Crippen molar-refractivity contribution in [3.8, 4) is 17.4 Å². The van der Waals surface area contributed by atoms with Crippen LogP contribution in [0.15, 0.2) is 75.0 Å². The maximum atomic E-state index is 12.2. The number of hydrogen-bond donors (Lipinski definition) is 1. The summed E-state index contributed by atoms with van der Waals surface area (Å²) in [5.74, 6) is 0.982.